The van der Waals surface area contributed by atoms with E-state index in [0.29, 0.717) is 5.78 Å². The van der Waals surface area contributed by atoms with Crippen molar-refractivity contribution >= 4 is 5.78 Å². The SMILES string of the molecule is CCOCCCN1CCN(CCCC(=O)C(C)C)CC1. The number of hydrogen-bond donors (Lipinski definition) is 0. The molecule has 1 rings (SSSR count). The van der Waals surface area contributed by atoms with E-state index in [9.17, 15) is 4.79 Å². The molecule has 4 heteroatoms. The first-order valence-electron chi connectivity index (χ1n) is 8.18. The van der Waals surface area contributed by atoms with E-state index in [1.54, 1.807) is 0 Å². The Morgan fingerprint density at radius 3 is 2.10 bits per heavy atom. The van der Waals surface area contributed by atoms with Crippen LogP contribution in [0.1, 0.15) is 40.0 Å². The molecule has 0 aliphatic carbocycles. The molecule has 0 radical (unpaired) electrons. The fourth-order valence-electron chi connectivity index (χ4n) is 2.54. The number of rotatable bonds is 10. The summed E-state index contributed by atoms with van der Waals surface area (Å²) in [7, 11) is 0. The maximum absolute atomic E-state index is 11.6. The minimum absolute atomic E-state index is 0.192. The van der Waals surface area contributed by atoms with Crippen molar-refractivity contribution in [2.24, 2.45) is 5.92 Å². The predicted molar refractivity (Wildman–Crippen MR) is 83.1 cm³/mol. The van der Waals surface area contributed by atoms with Crippen LogP contribution in [-0.4, -0.2) is 68.1 Å². The molecule has 20 heavy (non-hydrogen) atoms. The first-order chi connectivity index (χ1) is 9.63. The maximum atomic E-state index is 11.6. The predicted octanol–water partition coefficient (Wildman–Crippen LogP) is 2.04. The molecule has 1 aliphatic heterocycles. The summed E-state index contributed by atoms with van der Waals surface area (Å²) in [5.41, 5.74) is 0. The Balaban J connectivity index is 2.03. The monoisotopic (exact) mass is 284 g/mol. The van der Waals surface area contributed by atoms with Crippen molar-refractivity contribution < 1.29 is 9.53 Å². The molecule has 118 valence electrons. The van der Waals surface area contributed by atoms with E-state index in [2.05, 4.69) is 9.80 Å². The third kappa shape index (κ3) is 7.36. The molecule has 1 heterocycles. The molecule has 0 bridgehead atoms. The Hall–Kier alpha value is -0.450. The van der Waals surface area contributed by atoms with Crippen LogP contribution in [0.2, 0.25) is 0 Å². The highest BCUT2D eigenvalue weighted by atomic mass is 16.5. The zero-order valence-electron chi connectivity index (χ0n) is 13.6. The van der Waals surface area contributed by atoms with Crippen molar-refractivity contribution in [3.63, 3.8) is 0 Å². The molecular formula is C16H32N2O2. The number of nitrogens with zero attached hydrogens (tertiary/aromatic N) is 2. The summed E-state index contributed by atoms with van der Waals surface area (Å²) >= 11 is 0. The summed E-state index contributed by atoms with van der Waals surface area (Å²) in [4.78, 5) is 16.6. The largest absolute Gasteiger partial charge is 0.382 e. The molecule has 0 unspecified atom stereocenters. The van der Waals surface area contributed by atoms with E-state index in [4.69, 9.17) is 4.74 Å². The molecule has 0 aromatic heterocycles. The van der Waals surface area contributed by atoms with Crippen molar-refractivity contribution in [3.05, 3.63) is 0 Å². The number of carbonyl (C=O) groups is 1. The molecule has 0 N–H and O–H groups in total. The average molecular weight is 284 g/mol. The summed E-state index contributed by atoms with van der Waals surface area (Å²) in [6, 6.07) is 0. The second-order valence-corrected chi connectivity index (χ2v) is 5.96. The van der Waals surface area contributed by atoms with E-state index < -0.39 is 0 Å². The van der Waals surface area contributed by atoms with Crippen LogP contribution < -0.4 is 0 Å². The van der Waals surface area contributed by atoms with Gasteiger partial charge < -0.3 is 14.5 Å². The normalized spacial score (nSPS) is 17.8. The van der Waals surface area contributed by atoms with Crippen LogP contribution in [0.4, 0.5) is 0 Å². The van der Waals surface area contributed by atoms with Gasteiger partial charge in [-0.25, -0.2) is 0 Å². The molecule has 1 fully saturated rings. The molecule has 0 atom stereocenters. The highest BCUT2D eigenvalue weighted by Crippen LogP contribution is 2.07. The summed E-state index contributed by atoms with van der Waals surface area (Å²) in [5, 5.41) is 0. The highest BCUT2D eigenvalue weighted by Gasteiger charge is 2.16. The van der Waals surface area contributed by atoms with Crippen molar-refractivity contribution in [3.8, 4) is 0 Å². The molecule has 0 aromatic carbocycles. The molecule has 0 amide bonds. The quantitative estimate of drug-likeness (QED) is 0.575. The summed E-state index contributed by atoms with van der Waals surface area (Å²) in [5.74, 6) is 0.594. The van der Waals surface area contributed by atoms with Crippen LogP contribution >= 0.6 is 0 Å². The lowest BCUT2D eigenvalue weighted by Crippen LogP contribution is -2.46. The lowest BCUT2D eigenvalue weighted by molar-refractivity contribution is -0.122. The van der Waals surface area contributed by atoms with Crippen molar-refractivity contribution in [2.75, 3.05) is 52.5 Å². The summed E-state index contributed by atoms with van der Waals surface area (Å²) in [6.45, 7) is 14.6. The highest BCUT2D eigenvalue weighted by molar-refractivity contribution is 5.80. The lowest BCUT2D eigenvalue weighted by Gasteiger charge is -2.34. The Morgan fingerprint density at radius 2 is 1.60 bits per heavy atom. The first kappa shape index (κ1) is 17.6. The van der Waals surface area contributed by atoms with Gasteiger partial charge in [0.2, 0.25) is 0 Å². The third-order valence-electron chi connectivity index (χ3n) is 3.97. The van der Waals surface area contributed by atoms with Gasteiger partial charge in [-0.3, -0.25) is 4.79 Å². The van der Waals surface area contributed by atoms with E-state index >= 15 is 0 Å². The number of ether oxygens (including phenoxy) is 1. The molecule has 0 aromatic rings. The van der Waals surface area contributed by atoms with Crippen LogP contribution in [0.15, 0.2) is 0 Å². The Morgan fingerprint density at radius 1 is 1.05 bits per heavy atom. The van der Waals surface area contributed by atoms with Crippen LogP contribution in [0.3, 0.4) is 0 Å². The van der Waals surface area contributed by atoms with E-state index in [0.717, 1.165) is 71.7 Å². The molecule has 1 aliphatic rings. The number of carbonyl (C=O) groups excluding carboxylic acids is 1. The van der Waals surface area contributed by atoms with Gasteiger partial charge in [-0.1, -0.05) is 13.8 Å². The molecule has 1 saturated heterocycles. The van der Waals surface area contributed by atoms with Gasteiger partial charge in [-0.05, 0) is 26.3 Å². The maximum Gasteiger partial charge on any atom is 0.135 e. The average Bonchev–Trinajstić information content (AvgIpc) is 2.45. The van der Waals surface area contributed by atoms with Gasteiger partial charge in [0.05, 0.1) is 0 Å². The lowest BCUT2D eigenvalue weighted by atomic mass is 10.0. The standard InChI is InChI=1S/C16H32N2O2/c1-4-20-14-6-9-18-12-10-17(11-13-18)8-5-7-16(19)15(2)3/h15H,4-14H2,1-3H3. The van der Waals surface area contributed by atoms with Crippen molar-refractivity contribution in [2.45, 2.75) is 40.0 Å². The Kier molecular flexibility index (Phi) is 9.07. The van der Waals surface area contributed by atoms with E-state index in [1.165, 1.54) is 0 Å². The summed E-state index contributed by atoms with van der Waals surface area (Å²) < 4.78 is 5.37. The zero-order valence-corrected chi connectivity index (χ0v) is 13.6. The molecule has 4 nitrogen and oxygen atoms in total. The minimum atomic E-state index is 0.192. The number of hydrogen-bond acceptors (Lipinski definition) is 4. The molecule has 0 spiro atoms. The van der Waals surface area contributed by atoms with Gasteiger partial charge in [-0.15, -0.1) is 0 Å². The zero-order chi connectivity index (χ0) is 14.8. The van der Waals surface area contributed by atoms with Gasteiger partial charge in [0, 0.05) is 58.3 Å². The smallest absolute Gasteiger partial charge is 0.135 e. The van der Waals surface area contributed by atoms with Gasteiger partial charge in [0.15, 0.2) is 0 Å². The van der Waals surface area contributed by atoms with Gasteiger partial charge in [0.25, 0.3) is 0 Å². The fraction of sp³-hybridized carbons (Fsp3) is 0.938. The minimum Gasteiger partial charge on any atom is -0.382 e. The molecule has 0 saturated carbocycles. The second-order valence-electron chi connectivity index (χ2n) is 5.96. The number of Topliss-reactive ketones (excluding diaryl/α,β-unsaturated/α-hetero) is 1. The van der Waals surface area contributed by atoms with Gasteiger partial charge in [-0.2, -0.15) is 0 Å². The topological polar surface area (TPSA) is 32.8 Å². The molecular weight excluding hydrogens is 252 g/mol. The van der Waals surface area contributed by atoms with Crippen LogP contribution in [0.25, 0.3) is 0 Å². The Bertz CT molecular complexity index is 261. The fourth-order valence-corrected chi connectivity index (χ4v) is 2.54. The van der Waals surface area contributed by atoms with Gasteiger partial charge in [0.1, 0.15) is 5.78 Å². The first-order valence-corrected chi connectivity index (χ1v) is 8.18. The number of piperazine rings is 1. The third-order valence-corrected chi connectivity index (χ3v) is 3.97. The van der Waals surface area contributed by atoms with Gasteiger partial charge >= 0.3 is 0 Å². The second kappa shape index (κ2) is 10.3. The van der Waals surface area contributed by atoms with Crippen molar-refractivity contribution in [1.29, 1.82) is 0 Å². The van der Waals surface area contributed by atoms with Crippen molar-refractivity contribution in [1.82, 2.24) is 9.80 Å². The Labute approximate surface area is 124 Å². The number of ketones is 1. The van der Waals surface area contributed by atoms with E-state index in [-0.39, 0.29) is 5.92 Å². The van der Waals surface area contributed by atoms with Crippen LogP contribution in [0, 0.1) is 5.92 Å². The summed E-state index contributed by atoms with van der Waals surface area (Å²) in [6.07, 6.45) is 2.89. The van der Waals surface area contributed by atoms with Crippen LogP contribution in [0.5, 0.6) is 0 Å². The van der Waals surface area contributed by atoms with Crippen LogP contribution in [-0.2, 0) is 9.53 Å². The van der Waals surface area contributed by atoms with E-state index in [1.807, 2.05) is 20.8 Å².